The SMILES string of the molecule is Brc1cc[c-]c(-c2nccc3ccccc23)c1.[Ir].[c-]1ccc2ccccc2c1-c1ccccn1. The van der Waals surface area contributed by atoms with Crippen LogP contribution in [-0.2, 0) is 20.1 Å². The van der Waals surface area contributed by atoms with Crippen molar-refractivity contribution >= 4 is 37.5 Å². The Morgan fingerprint density at radius 2 is 1.32 bits per heavy atom. The van der Waals surface area contributed by atoms with Gasteiger partial charge < -0.3 is 9.97 Å². The molecule has 6 aromatic rings. The van der Waals surface area contributed by atoms with Crippen molar-refractivity contribution in [3.63, 3.8) is 0 Å². The molecule has 2 heterocycles. The van der Waals surface area contributed by atoms with Crippen molar-refractivity contribution < 1.29 is 20.1 Å². The van der Waals surface area contributed by atoms with Crippen LogP contribution >= 0.6 is 15.9 Å². The van der Waals surface area contributed by atoms with Gasteiger partial charge in [0.05, 0.1) is 0 Å². The normalized spacial score (nSPS) is 10.3. The summed E-state index contributed by atoms with van der Waals surface area (Å²) in [5.41, 5.74) is 4.03. The average molecular weight is 680 g/mol. The van der Waals surface area contributed by atoms with Crippen LogP contribution in [0, 0.1) is 12.1 Å². The van der Waals surface area contributed by atoms with E-state index in [2.05, 4.69) is 68.4 Å². The van der Waals surface area contributed by atoms with Crippen molar-refractivity contribution in [3.8, 4) is 22.5 Å². The maximum Gasteiger partial charge on any atom is 0.0167 e. The van der Waals surface area contributed by atoms with Crippen LogP contribution in [0.4, 0.5) is 0 Å². The topological polar surface area (TPSA) is 25.8 Å². The van der Waals surface area contributed by atoms with Gasteiger partial charge >= 0.3 is 0 Å². The summed E-state index contributed by atoms with van der Waals surface area (Å²) in [5.74, 6) is 0. The molecule has 0 bridgehead atoms. The smallest absolute Gasteiger partial charge is 0.0167 e. The molecule has 167 valence electrons. The number of aromatic nitrogens is 2. The van der Waals surface area contributed by atoms with Crippen molar-refractivity contribution in [2.24, 2.45) is 0 Å². The molecule has 2 aromatic heterocycles. The van der Waals surface area contributed by atoms with E-state index in [-0.39, 0.29) is 20.1 Å². The Morgan fingerprint density at radius 3 is 2.09 bits per heavy atom. The van der Waals surface area contributed by atoms with Crippen LogP contribution in [0.3, 0.4) is 0 Å². The van der Waals surface area contributed by atoms with Crippen LogP contribution in [0.15, 0.2) is 120 Å². The fraction of sp³-hybridized carbons (Fsp3) is 0. The Bertz CT molecular complexity index is 1520. The van der Waals surface area contributed by atoms with Crippen molar-refractivity contribution in [1.29, 1.82) is 0 Å². The Morgan fingerprint density at radius 1 is 0.618 bits per heavy atom. The quantitative estimate of drug-likeness (QED) is 0.173. The van der Waals surface area contributed by atoms with E-state index in [1.54, 1.807) is 0 Å². The van der Waals surface area contributed by atoms with Crippen LogP contribution < -0.4 is 0 Å². The molecular weight excluding hydrogens is 660 g/mol. The van der Waals surface area contributed by atoms with Gasteiger partial charge in [0.15, 0.2) is 0 Å². The van der Waals surface area contributed by atoms with Gasteiger partial charge in [-0.1, -0.05) is 86.5 Å². The summed E-state index contributed by atoms with van der Waals surface area (Å²) in [6, 6.07) is 40.9. The molecular formula is C30H19BrIrN2-2. The number of fused-ring (bicyclic) bond motifs is 2. The van der Waals surface area contributed by atoms with Gasteiger partial charge in [-0.15, -0.1) is 59.0 Å². The molecule has 6 rings (SSSR count). The Kier molecular flexibility index (Phi) is 7.97. The molecule has 0 N–H and O–H groups in total. The van der Waals surface area contributed by atoms with Gasteiger partial charge in [-0.25, -0.2) is 0 Å². The summed E-state index contributed by atoms with van der Waals surface area (Å²) in [5, 5.41) is 4.78. The van der Waals surface area contributed by atoms with Crippen molar-refractivity contribution in [2.45, 2.75) is 0 Å². The second-order valence-electron chi connectivity index (χ2n) is 7.46. The first-order valence-corrected chi connectivity index (χ1v) is 11.4. The molecule has 0 fully saturated rings. The van der Waals surface area contributed by atoms with Gasteiger partial charge in [0.25, 0.3) is 0 Å². The van der Waals surface area contributed by atoms with Gasteiger partial charge in [-0.05, 0) is 34.3 Å². The van der Waals surface area contributed by atoms with E-state index in [9.17, 15) is 0 Å². The minimum absolute atomic E-state index is 0. The van der Waals surface area contributed by atoms with Crippen LogP contribution in [-0.4, -0.2) is 9.97 Å². The van der Waals surface area contributed by atoms with Crippen LogP contribution in [0.5, 0.6) is 0 Å². The Labute approximate surface area is 221 Å². The van der Waals surface area contributed by atoms with Gasteiger partial charge in [-0.3, -0.25) is 0 Å². The maximum atomic E-state index is 4.47. The van der Waals surface area contributed by atoms with E-state index in [0.717, 1.165) is 32.4 Å². The molecule has 4 aromatic carbocycles. The predicted molar refractivity (Wildman–Crippen MR) is 140 cm³/mol. The van der Waals surface area contributed by atoms with E-state index in [0.29, 0.717) is 0 Å². The molecule has 1 radical (unpaired) electrons. The third-order valence-corrected chi connectivity index (χ3v) is 5.83. The van der Waals surface area contributed by atoms with Crippen LogP contribution in [0.2, 0.25) is 0 Å². The van der Waals surface area contributed by atoms with Gasteiger partial charge in [0, 0.05) is 32.5 Å². The molecule has 0 aliphatic heterocycles. The molecule has 0 aliphatic rings. The number of nitrogens with zero attached hydrogens (tertiary/aromatic N) is 2. The second-order valence-corrected chi connectivity index (χ2v) is 8.37. The van der Waals surface area contributed by atoms with Crippen molar-refractivity contribution in [3.05, 3.63) is 132 Å². The molecule has 0 unspecified atom stereocenters. The summed E-state index contributed by atoms with van der Waals surface area (Å²) >= 11 is 3.48. The van der Waals surface area contributed by atoms with Crippen molar-refractivity contribution in [2.75, 3.05) is 0 Å². The van der Waals surface area contributed by atoms with Gasteiger partial charge in [0.2, 0.25) is 0 Å². The first-order valence-electron chi connectivity index (χ1n) is 10.6. The van der Waals surface area contributed by atoms with Crippen LogP contribution in [0.25, 0.3) is 44.1 Å². The number of halogens is 1. The molecule has 0 saturated carbocycles. The standard InChI is InChI=1S/C15H9BrN.C15H10N.Ir/c16-13-6-3-5-12(10-13)15-14-7-2-1-4-11(14)8-9-17-15;1-2-8-13-12(6-1)7-5-9-14(13)15-10-3-4-11-16-15;/h1-4,6-10H;1-8,10-11H;/q2*-1;. The zero-order valence-corrected chi connectivity index (χ0v) is 22.1. The number of pyridine rings is 2. The third-order valence-electron chi connectivity index (χ3n) is 5.33. The number of rotatable bonds is 2. The summed E-state index contributed by atoms with van der Waals surface area (Å²) in [7, 11) is 0. The first-order chi connectivity index (χ1) is 16.3. The molecule has 0 spiro atoms. The number of benzene rings is 4. The molecule has 0 saturated heterocycles. The largest absolute Gasteiger partial charge is 0.305 e. The van der Waals surface area contributed by atoms with Crippen LogP contribution in [0.1, 0.15) is 0 Å². The minimum Gasteiger partial charge on any atom is -0.305 e. The fourth-order valence-electron chi connectivity index (χ4n) is 3.79. The number of hydrogen-bond acceptors (Lipinski definition) is 2. The average Bonchev–Trinajstić information content (AvgIpc) is 2.89. The summed E-state index contributed by atoms with van der Waals surface area (Å²) in [6.45, 7) is 0. The summed E-state index contributed by atoms with van der Waals surface area (Å²) in [4.78, 5) is 8.83. The van der Waals surface area contributed by atoms with E-state index >= 15 is 0 Å². The molecule has 2 nitrogen and oxygen atoms in total. The Balaban J connectivity index is 0.000000157. The zero-order chi connectivity index (χ0) is 22.5. The molecule has 0 aliphatic carbocycles. The third kappa shape index (κ3) is 5.31. The monoisotopic (exact) mass is 679 g/mol. The minimum atomic E-state index is 0. The predicted octanol–water partition coefficient (Wildman–Crippen LogP) is 8.16. The van der Waals surface area contributed by atoms with E-state index < -0.39 is 0 Å². The maximum absolute atomic E-state index is 4.47. The first kappa shape index (κ1) is 24.0. The number of hydrogen-bond donors (Lipinski definition) is 0. The van der Waals surface area contributed by atoms with Crippen molar-refractivity contribution in [1.82, 2.24) is 9.97 Å². The molecule has 0 amide bonds. The van der Waals surface area contributed by atoms with Gasteiger partial charge in [0.1, 0.15) is 0 Å². The summed E-state index contributed by atoms with van der Waals surface area (Å²) in [6.07, 6.45) is 3.65. The van der Waals surface area contributed by atoms with E-state index in [1.165, 1.54) is 16.2 Å². The van der Waals surface area contributed by atoms with E-state index in [1.807, 2.05) is 85.2 Å². The molecule has 34 heavy (non-hydrogen) atoms. The zero-order valence-electron chi connectivity index (χ0n) is 18.1. The van der Waals surface area contributed by atoms with E-state index in [4.69, 9.17) is 0 Å². The Hall–Kier alpha value is -3.17. The molecule has 4 heteroatoms. The second kappa shape index (κ2) is 11.3. The summed E-state index contributed by atoms with van der Waals surface area (Å²) < 4.78 is 1.04. The molecule has 0 atom stereocenters. The van der Waals surface area contributed by atoms with Gasteiger partial charge in [-0.2, -0.15) is 0 Å². The fourth-order valence-corrected chi connectivity index (χ4v) is 4.16.